The van der Waals surface area contributed by atoms with Crippen LogP contribution in [0.3, 0.4) is 0 Å². The van der Waals surface area contributed by atoms with E-state index < -0.39 is 0 Å². The molecule has 0 unspecified atom stereocenters. The lowest BCUT2D eigenvalue weighted by Gasteiger charge is -2.06. The summed E-state index contributed by atoms with van der Waals surface area (Å²) in [6, 6.07) is 44.3. The zero-order valence-corrected chi connectivity index (χ0v) is 35.5. The van der Waals surface area contributed by atoms with Gasteiger partial charge in [0.25, 0.3) is 0 Å². The number of fused-ring (bicyclic) bond motifs is 4. The third-order valence-electron chi connectivity index (χ3n) is 12.0. The van der Waals surface area contributed by atoms with Gasteiger partial charge in [0.2, 0.25) is 0 Å². The molecule has 0 saturated carbocycles. The minimum absolute atomic E-state index is 0.765. The Hall–Kier alpha value is -7.79. The van der Waals surface area contributed by atoms with Crippen molar-refractivity contribution in [1.29, 1.82) is 0 Å². The van der Waals surface area contributed by atoms with E-state index in [4.69, 9.17) is 34.9 Å². The van der Waals surface area contributed by atoms with Gasteiger partial charge >= 0.3 is 0 Å². The Labute approximate surface area is 358 Å². The molecule has 0 aliphatic rings. The molecule has 0 N–H and O–H groups in total. The van der Waals surface area contributed by atoms with E-state index in [9.17, 15) is 0 Å². The number of hydrogen-bond donors (Lipinski definition) is 0. The number of imidazole rings is 4. The minimum Gasteiger partial charge on any atom is -0.326 e. The quantitative estimate of drug-likeness (QED) is 0.150. The summed E-state index contributed by atoms with van der Waals surface area (Å²) in [5.41, 5.74) is 18.1. The summed E-state index contributed by atoms with van der Waals surface area (Å²) in [4.78, 5) is 34.8. The predicted octanol–water partition coefficient (Wildman–Crippen LogP) is 9.88. The van der Waals surface area contributed by atoms with Crippen LogP contribution in [0.1, 0.15) is 33.6 Å². The van der Waals surface area contributed by atoms with Crippen molar-refractivity contribution < 1.29 is 0 Å². The van der Waals surface area contributed by atoms with Crippen LogP contribution in [-0.2, 0) is 41.0 Å². The van der Waals surface area contributed by atoms with E-state index >= 15 is 0 Å². The molecule has 62 heavy (non-hydrogen) atoms. The van der Waals surface area contributed by atoms with Gasteiger partial charge in [-0.3, -0.25) is 0 Å². The normalized spacial score (nSPS) is 11.8. The van der Waals surface area contributed by atoms with Crippen LogP contribution in [0.2, 0.25) is 0 Å². The second-order valence-corrected chi connectivity index (χ2v) is 16.4. The van der Waals surface area contributed by atoms with Crippen LogP contribution in [0.5, 0.6) is 0 Å². The van der Waals surface area contributed by atoms with Crippen LogP contribution in [0.4, 0.5) is 0 Å². The molecule has 0 saturated heterocycles. The SMILES string of the molecule is Cc1cccc(-c2nc3cc(Cc4ccc5c(c4)nc(-c4cccc(-c6nc7cc(Cc8ccc9c(c8)nc(-c8cccc(C)n8)n9C)ccc7n6C)n4)n5C)ccc3n2C)n1. The molecule has 0 radical (unpaired) electrons. The Bertz CT molecular complexity index is 3330. The fourth-order valence-corrected chi connectivity index (χ4v) is 8.83. The maximum Gasteiger partial charge on any atom is 0.159 e. The summed E-state index contributed by atoms with van der Waals surface area (Å²) < 4.78 is 8.47. The molecule has 0 amide bonds. The fourth-order valence-electron chi connectivity index (χ4n) is 8.83. The largest absolute Gasteiger partial charge is 0.326 e. The molecule has 0 aliphatic heterocycles. The first-order valence-corrected chi connectivity index (χ1v) is 20.8. The van der Waals surface area contributed by atoms with Gasteiger partial charge in [-0.25, -0.2) is 34.9 Å². The van der Waals surface area contributed by atoms with Crippen LogP contribution >= 0.6 is 0 Å². The lowest BCUT2D eigenvalue weighted by atomic mass is 10.0. The Morgan fingerprint density at radius 3 is 0.887 bits per heavy atom. The maximum absolute atomic E-state index is 5.14. The first-order chi connectivity index (χ1) is 30.1. The molecule has 4 aromatic carbocycles. The van der Waals surface area contributed by atoms with Gasteiger partial charge in [-0.15, -0.1) is 0 Å². The van der Waals surface area contributed by atoms with Crippen molar-refractivity contribution >= 4 is 44.1 Å². The van der Waals surface area contributed by atoms with Crippen LogP contribution in [0.25, 0.3) is 90.2 Å². The lowest BCUT2D eigenvalue weighted by Crippen LogP contribution is -1.98. The lowest BCUT2D eigenvalue weighted by molar-refractivity contribution is 0.938. The van der Waals surface area contributed by atoms with Crippen LogP contribution in [-0.4, -0.2) is 53.2 Å². The zero-order valence-electron chi connectivity index (χ0n) is 35.5. The summed E-state index contributed by atoms with van der Waals surface area (Å²) >= 11 is 0. The van der Waals surface area contributed by atoms with Crippen molar-refractivity contribution in [3.8, 4) is 46.1 Å². The molecule has 0 fully saturated rings. The highest BCUT2D eigenvalue weighted by molar-refractivity contribution is 5.84. The highest BCUT2D eigenvalue weighted by Gasteiger charge is 2.18. The molecule has 302 valence electrons. The molecular formula is C51H43N11. The van der Waals surface area contributed by atoms with Gasteiger partial charge < -0.3 is 18.3 Å². The Kier molecular flexibility index (Phi) is 8.67. The standard InChI is InChI=1S/C51H43N11/c1-30-10-7-12-36(52-30)48-55-40-26-32(16-20-44(40)59(48)3)24-34-18-22-46-42(28-34)57-50(61(46)5)38-14-9-15-39(54-38)51-58-43-29-35(19-23-47(43)62(51)6)25-33-17-21-45-41(27-33)56-49(60(45)4)37-13-8-11-31(2)53-37/h7-23,26-29H,24-25H2,1-6H3. The van der Waals surface area contributed by atoms with E-state index in [0.717, 1.165) is 114 Å². The molecular weight excluding hydrogens is 767 g/mol. The van der Waals surface area contributed by atoms with E-state index in [2.05, 4.69) is 105 Å². The highest BCUT2D eigenvalue weighted by Crippen LogP contribution is 2.31. The second kappa shape index (κ2) is 14.4. The zero-order chi connectivity index (χ0) is 42.2. The van der Waals surface area contributed by atoms with E-state index in [1.807, 2.05) is 82.5 Å². The number of rotatable bonds is 8. The highest BCUT2D eigenvalue weighted by atomic mass is 15.1. The van der Waals surface area contributed by atoms with Crippen LogP contribution in [0.15, 0.2) is 127 Å². The van der Waals surface area contributed by atoms with Crippen molar-refractivity contribution in [1.82, 2.24) is 53.2 Å². The topological polar surface area (TPSA) is 110 Å². The van der Waals surface area contributed by atoms with E-state index in [0.29, 0.717) is 0 Å². The van der Waals surface area contributed by atoms with Crippen LogP contribution in [0, 0.1) is 13.8 Å². The summed E-state index contributed by atoms with van der Waals surface area (Å²) in [6.45, 7) is 4.01. The number of benzene rings is 4. The molecule has 11 rings (SSSR count). The average molecular weight is 810 g/mol. The van der Waals surface area contributed by atoms with Crippen molar-refractivity contribution in [3.05, 3.63) is 161 Å². The molecule has 7 heterocycles. The van der Waals surface area contributed by atoms with E-state index in [1.165, 1.54) is 22.3 Å². The van der Waals surface area contributed by atoms with Crippen LogP contribution < -0.4 is 0 Å². The van der Waals surface area contributed by atoms with Crippen molar-refractivity contribution in [2.24, 2.45) is 28.2 Å². The van der Waals surface area contributed by atoms with Gasteiger partial charge in [-0.2, -0.15) is 0 Å². The molecule has 0 aliphatic carbocycles. The molecule has 7 aromatic heterocycles. The van der Waals surface area contributed by atoms with Gasteiger partial charge in [0.05, 0.1) is 44.1 Å². The number of aryl methyl sites for hydroxylation is 6. The molecule has 0 atom stereocenters. The summed E-state index contributed by atoms with van der Waals surface area (Å²) in [7, 11) is 8.20. The smallest absolute Gasteiger partial charge is 0.159 e. The number of pyridine rings is 3. The molecule has 11 aromatic rings. The first kappa shape index (κ1) is 37.2. The first-order valence-electron chi connectivity index (χ1n) is 20.8. The summed E-state index contributed by atoms with van der Waals surface area (Å²) in [5, 5.41) is 0. The molecule has 11 nitrogen and oxygen atoms in total. The van der Waals surface area contributed by atoms with Crippen molar-refractivity contribution in [2.75, 3.05) is 0 Å². The molecule has 0 bridgehead atoms. The van der Waals surface area contributed by atoms with Gasteiger partial charge in [0.15, 0.2) is 23.3 Å². The van der Waals surface area contributed by atoms with Crippen molar-refractivity contribution in [2.45, 2.75) is 26.7 Å². The van der Waals surface area contributed by atoms with Gasteiger partial charge in [-0.1, -0.05) is 42.5 Å². The molecule has 11 heteroatoms. The minimum atomic E-state index is 0.765. The third-order valence-corrected chi connectivity index (χ3v) is 12.0. The maximum atomic E-state index is 5.14. The molecule has 0 spiro atoms. The van der Waals surface area contributed by atoms with E-state index in [1.54, 1.807) is 0 Å². The van der Waals surface area contributed by atoms with Crippen molar-refractivity contribution in [3.63, 3.8) is 0 Å². The van der Waals surface area contributed by atoms with Gasteiger partial charge in [0.1, 0.15) is 22.8 Å². The average Bonchev–Trinajstić information content (AvgIpc) is 4.00. The van der Waals surface area contributed by atoms with E-state index in [-0.39, 0.29) is 0 Å². The van der Waals surface area contributed by atoms with Gasteiger partial charge in [-0.05, 0) is 134 Å². The predicted molar refractivity (Wildman–Crippen MR) is 247 cm³/mol. The number of nitrogens with zero attached hydrogens (tertiary/aromatic N) is 11. The Morgan fingerprint density at radius 2 is 0.597 bits per heavy atom. The van der Waals surface area contributed by atoms with Gasteiger partial charge in [0, 0.05) is 39.6 Å². The summed E-state index contributed by atoms with van der Waals surface area (Å²) in [5.74, 6) is 3.34. The Morgan fingerprint density at radius 1 is 0.323 bits per heavy atom. The second-order valence-electron chi connectivity index (χ2n) is 16.4. The Balaban J connectivity index is 0.845. The number of hydrogen-bond acceptors (Lipinski definition) is 7. The number of aromatic nitrogens is 11. The summed E-state index contributed by atoms with van der Waals surface area (Å²) in [6.07, 6.45) is 1.53. The monoisotopic (exact) mass is 809 g/mol. The fraction of sp³-hybridized carbons (Fsp3) is 0.157. The third kappa shape index (κ3) is 6.40.